The molecule has 2 aromatic rings. The van der Waals surface area contributed by atoms with Gasteiger partial charge in [-0.05, 0) is 36.6 Å². The lowest BCUT2D eigenvalue weighted by Gasteiger charge is -2.11. The number of ether oxygens (including phenoxy) is 1. The number of thiophene rings is 1. The van der Waals surface area contributed by atoms with Gasteiger partial charge in [0.1, 0.15) is 0 Å². The zero-order chi connectivity index (χ0) is 17.5. The molecule has 1 aromatic carbocycles. The molecule has 1 heterocycles. The minimum atomic E-state index is -0.899. The monoisotopic (exact) mass is 383 g/mol. The van der Waals surface area contributed by atoms with E-state index in [4.69, 9.17) is 27.9 Å². The lowest BCUT2D eigenvalue weighted by molar-refractivity contribution is -0.150. The standard InChI is InChI=1S/C17H15Cl2NO3S/c1-11(17(22)20-10-12-4-3-9-24-12)23-16(21)8-7-13-14(18)5-2-6-15(13)19/h2-9,11H,10H2,1H3,(H,20,22)/b8-7+/t11-/m1/s1. The molecule has 1 aromatic heterocycles. The third kappa shape index (κ3) is 5.37. The van der Waals surface area contributed by atoms with Crippen molar-refractivity contribution in [2.75, 3.05) is 0 Å². The van der Waals surface area contributed by atoms with E-state index < -0.39 is 12.1 Å². The average Bonchev–Trinajstić information content (AvgIpc) is 3.05. The second kappa shape index (κ2) is 8.87. The van der Waals surface area contributed by atoms with Crippen molar-refractivity contribution in [1.82, 2.24) is 5.32 Å². The van der Waals surface area contributed by atoms with Crippen molar-refractivity contribution in [1.29, 1.82) is 0 Å². The summed E-state index contributed by atoms with van der Waals surface area (Å²) in [5, 5.41) is 5.49. The van der Waals surface area contributed by atoms with Crippen molar-refractivity contribution < 1.29 is 14.3 Å². The fourth-order valence-electron chi connectivity index (χ4n) is 1.82. The fraction of sp³-hybridized carbons (Fsp3) is 0.176. The maximum atomic E-state index is 11.9. The van der Waals surface area contributed by atoms with Crippen molar-refractivity contribution in [3.05, 3.63) is 62.3 Å². The fourth-order valence-corrected chi connectivity index (χ4v) is 2.99. The Kier molecular flexibility index (Phi) is 6.85. The molecule has 0 spiro atoms. The molecule has 1 atom stereocenters. The summed E-state index contributed by atoms with van der Waals surface area (Å²) < 4.78 is 5.06. The zero-order valence-electron chi connectivity index (χ0n) is 12.8. The molecule has 1 amide bonds. The van der Waals surface area contributed by atoms with E-state index in [1.54, 1.807) is 29.5 Å². The van der Waals surface area contributed by atoms with Gasteiger partial charge in [0.2, 0.25) is 0 Å². The first-order valence-electron chi connectivity index (χ1n) is 7.10. The van der Waals surface area contributed by atoms with E-state index in [9.17, 15) is 9.59 Å². The molecule has 24 heavy (non-hydrogen) atoms. The normalized spacial score (nSPS) is 12.1. The van der Waals surface area contributed by atoms with Crippen molar-refractivity contribution in [3.63, 3.8) is 0 Å². The molecule has 0 saturated carbocycles. The molecule has 0 bridgehead atoms. The maximum Gasteiger partial charge on any atom is 0.331 e. The van der Waals surface area contributed by atoms with Crippen molar-refractivity contribution in [2.24, 2.45) is 0 Å². The Hall–Kier alpha value is -1.82. The maximum absolute atomic E-state index is 11.9. The number of carbonyl (C=O) groups excluding carboxylic acids is 2. The molecular formula is C17H15Cl2NO3S. The Bertz CT molecular complexity index is 724. The summed E-state index contributed by atoms with van der Waals surface area (Å²) in [7, 11) is 0. The molecule has 0 aliphatic rings. The average molecular weight is 384 g/mol. The summed E-state index contributed by atoms with van der Waals surface area (Å²) in [5.74, 6) is -1.01. The van der Waals surface area contributed by atoms with Gasteiger partial charge in [-0.15, -0.1) is 11.3 Å². The van der Waals surface area contributed by atoms with Crippen LogP contribution in [0.4, 0.5) is 0 Å². The Morgan fingerprint density at radius 2 is 1.96 bits per heavy atom. The lowest BCUT2D eigenvalue weighted by Crippen LogP contribution is -2.34. The minimum Gasteiger partial charge on any atom is -0.449 e. The first-order valence-corrected chi connectivity index (χ1v) is 8.73. The van der Waals surface area contributed by atoms with Crippen LogP contribution in [0.5, 0.6) is 0 Å². The van der Waals surface area contributed by atoms with Crippen LogP contribution in [0.25, 0.3) is 6.08 Å². The highest BCUT2D eigenvalue weighted by Gasteiger charge is 2.16. The van der Waals surface area contributed by atoms with Crippen molar-refractivity contribution in [3.8, 4) is 0 Å². The van der Waals surface area contributed by atoms with Crippen LogP contribution in [0.15, 0.2) is 41.8 Å². The Morgan fingerprint density at radius 1 is 1.25 bits per heavy atom. The number of benzene rings is 1. The predicted octanol–water partition coefficient (Wildman–Crippen LogP) is 4.32. The summed E-state index contributed by atoms with van der Waals surface area (Å²) >= 11 is 13.6. The topological polar surface area (TPSA) is 55.4 Å². The van der Waals surface area contributed by atoms with Crippen LogP contribution in [-0.4, -0.2) is 18.0 Å². The molecule has 2 rings (SSSR count). The smallest absolute Gasteiger partial charge is 0.331 e. The van der Waals surface area contributed by atoms with Crippen LogP contribution in [0, 0.1) is 0 Å². The van der Waals surface area contributed by atoms with Gasteiger partial charge in [0.25, 0.3) is 5.91 Å². The van der Waals surface area contributed by atoms with E-state index in [1.807, 2.05) is 17.5 Å². The van der Waals surface area contributed by atoms with E-state index in [1.165, 1.54) is 19.1 Å². The van der Waals surface area contributed by atoms with Gasteiger partial charge in [-0.1, -0.05) is 35.3 Å². The third-order valence-corrected chi connectivity index (χ3v) is 4.60. The number of carbonyl (C=O) groups is 2. The van der Waals surface area contributed by atoms with Gasteiger partial charge in [0.15, 0.2) is 6.10 Å². The van der Waals surface area contributed by atoms with Crippen LogP contribution in [0.1, 0.15) is 17.4 Å². The molecule has 0 unspecified atom stereocenters. The van der Waals surface area contributed by atoms with E-state index in [0.717, 1.165) is 4.88 Å². The third-order valence-electron chi connectivity index (χ3n) is 3.06. The largest absolute Gasteiger partial charge is 0.449 e. The minimum absolute atomic E-state index is 0.360. The second-order valence-corrected chi connectivity index (χ2v) is 6.69. The molecule has 0 saturated heterocycles. The molecule has 0 aliphatic heterocycles. The molecule has 1 N–H and O–H groups in total. The predicted molar refractivity (Wildman–Crippen MR) is 97.2 cm³/mol. The van der Waals surface area contributed by atoms with Gasteiger partial charge < -0.3 is 10.1 Å². The summed E-state index contributed by atoms with van der Waals surface area (Å²) in [4.78, 5) is 24.7. The van der Waals surface area contributed by atoms with Crippen LogP contribution in [0.3, 0.4) is 0 Å². The van der Waals surface area contributed by atoms with Gasteiger partial charge in [-0.3, -0.25) is 4.79 Å². The number of rotatable bonds is 6. The highest BCUT2D eigenvalue weighted by molar-refractivity contribution is 7.09. The van der Waals surface area contributed by atoms with Crippen LogP contribution < -0.4 is 5.32 Å². The second-order valence-electron chi connectivity index (χ2n) is 4.84. The number of hydrogen-bond donors (Lipinski definition) is 1. The van der Waals surface area contributed by atoms with Gasteiger partial charge in [-0.2, -0.15) is 0 Å². The first-order chi connectivity index (χ1) is 11.5. The number of hydrogen-bond acceptors (Lipinski definition) is 4. The first kappa shape index (κ1) is 18.5. The number of nitrogens with one attached hydrogen (secondary N) is 1. The van der Waals surface area contributed by atoms with E-state index >= 15 is 0 Å². The Labute approximate surface area is 154 Å². The SMILES string of the molecule is C[C@@H](OC(=O)/C=C/c1c(Cl)cccc1Cl)C(=O)NCc1cccs1. The highest BCUT2D eigenvalue weighted by atomic mass is 35.5. The van der Waals surface area contributed by atoms with Crippen LogP contribution in [0.2, 0.25) is 10.0 Å². The van der Waals surface area contributed by atoms with E-state index in [0.29, 0.717) is 22.2 Å². The van der Waals surface area contributed by atoms with Crippen molar-refractivity contribution >= 4 is 52.5 Å². The molecular weight excluding hydrogens is 369 g/mol. The molecule has 4 nitrogen and oxygen atoms in total. The van der Waals surface area contributed by atoms with Gasteiger partial charge in [0.05, 0.1) is 6.54 Å². The van der Waals surface area contributed by atoms with E-state index in [-0.39, 0.29) is 5.91 Å². The molecule has 0 radical (unpaired) electrons. The van der Waals surface area contributed by atoms with Gasteiger partial charge in [-0.25, -0.2) is 4.79 Å². The van der Waals surface area contributed by atoms with Crippen LogP contribution >= 0.6 is 34.5 Å². The Balaban J connectivity index is 1.86. The lowest BCUT2D eigenvalue weighted by atomic mass is 10.2. The quantitative estimate of drug-likeness (QED) is 0.596. The molecule has 0 aliphatic carbocycles. The van der Waals surface area contributed by atoms with E-state index in [2.05, 4.69) is 5.32 Å². The van der Waals surface area contributed by atoms with Gasteiger partial charge >= 0.3 is 5.97 Å². The number of esters is 1. The molecule has 7 heteroatoms. The summed E-state index contributed by atoms with van der Waals surface area (Å²) in [6.07, 6.45) is 1.75. The Morgan fingerprint density at radius 3 is 2.58 bits per heavy atom. The summed E-state index contributed by atoms with van der Waals surface area (Å²) in [6.45, 7) is 1.92. The van der Waals surface area contributed by atoms with Crippen LogP contribution in [-0.2, 0) is 20.9 Å². The van der Waals surface area contributed by atoms with Gasteiger partial charge in [0, 0.05) is 26.6 Å². The number of amides is 1. The summed E-state index contributed by atoms with van der Waals surface area (Å²) in [5.41, 5.74) is 0.521. The number of halogens is 2. The molecule has 0 fully saturated rings. The highest BCUT2D eigenvalue weighted by Crippen LogP contribution is 2.25. The molecule has 126 valence electrons. The zero-order valence-corrected chi connectivity index (χ0v) is 15.1. The summed E-state index contributed by atoms with van der Waals surface area (Å²) in [6, 6.07) is 8.86. The van der Waals surface area contributed by atoms with Crippen molar-refractivity contribution in [2.45, 2.75) is 19.6 Å².